The Hall–Kier alpha value is -1.46. The van der Waals surface area contributed by atoms with Crippen molar-refractivity contribution in [1.29, 1.82) is 0 Å². The van der Waals surface area contributed by atoms with Crippen molar-refractivity contribution in [2.75, 3.05) is 0 Å². The lowest BCUT2D eigenvalue weighted by Crippen LogP contribution is -1.91. The van der Waals surface area contributed by atoms with E-state index in [0.29, 0.717) is 5.69 Å². The van der Waals surface area contributed by atoms with Crippen molar-refractivity contribution in [3.63, 3.8) is 0 Å². The molecule has 0 unspecified atom stereocenters. The fourth-order valence-electron chi connectivity index (χ4n) is 1.38. The fraction of sp³-hybridized carbons (Fsp3) is 0. The maximum Gasteiger partial charge on any atom is 0.274 e. The van der Waals surface area contributed by atoms with E-state index in [1.165, 1.54) is 12.1 Å². The van der Waals surface area contributed by atoms with Crippen molar-refractivity contribution >= 4 is 33.2 Å². The Morgan fingerprint density at radius 1 is 1.29 bits per heavy atom. The molecule has 0 radical (unpaired) electrons. The average Bonchev–Trinajstić information content (AvgIpc) is 2.28. The molecule has 86 valence electrons. The zero-order valence-corrected chi connectivity index (χ0v) is 10.8. The third-order valence-electron chi connectivity index (χ3n) is 2.11. The second-order valence-electron chi connectivity index (χ2n) is 3.30. The molecule has 1 aromatic heterocycles. The standard InChI is InChI=1S/C11H6BrClN2O2/c12-8-3-1-2-7(4-8)10-5-9(15(16)17)6-11(13)14-10/h1-6H. The molecule has 0 aliphatic rings. The van der Waals surface area contributed by atoms with Crippen LogP contribution in [0.15, 0.2) is 40.9 Å². The molecule has 0 aliphatic carbocycles. The van der Waals surface area contributed by atoms with E-state index in [1.54, 1.807) is 0 Å². The molecule has 0 saturated heterocycles. The van der Waals surface area contributed by atoms with Gasteiger partial charge < -0.3 is 0 Å². The summed E-state index contributed by atoms with van der Waals surface area (Å²) in [4.78, 5) is 14.3. The predicted octanol–water partition coefficient (Wildman–Crippen LogP) is 4.07. The molecular formula is C11H6BrClN2O2. The number of hydrogen-bond donors (Lipinski definition) is 0. The second kappa shape index (κ2) is 4.81. The van der Waals surface area contributed by atoms with Gasteiger partial charge in [0.15, 0.2) is 0 Å². The van der Waals surface area contributed by atoms with E-state index in [1.807, 2.05) is 24.3 Å². The third kappa shape index (κ3) is 2.81. The van der Waals surface area contributed by atoms with Crippen LogP contribution in [0.5, 0.6) is 0 Å². The van der Waals surface area contributed by atoms with Crippen molar-refractivity contribution in [3.05, 3.63) is 56.1 Å². The van der Waals surface area contributed by atoms with Gasteiger partial charge in [0, 0.05) is 16.1 Å². The quantitative estimate of drug-likeness (QED) is 0.477. The molecule has 17 heavy (non-hydrogen) atoms. The number of hydrogen-bond acceptors (Lipinski definition) is 3. The van der Waals surface area contributed by atoms with Gasteiger partial charge in [0.05, 0.1) is 16.7 Å². The number of rotatable bonds is 2. The average molecular weight is 314 g/mol. The highest BCUT2D eigenvalue weighted by Gasteiger charge is 2.11. The molecule has 0 amide bonds. The number of aromatic nitrogens is 1. The van der Waals surface area contributed by atoms with E-state index in [0.717, 1.165) is 10.0 Å². The molecule has 1 heterocycles. The van der Waals surface area contributed by atoms with Crippen molar-refractivity contribution in [2.24, 2.45) is 0 Å². The Bertz CT molecular complexity index is 589. The number of nitrogens with zero attached hydrogens (tertiary/aromatic N) is 2. The van der Waals surface area contributed by atoms with Gasteiger partial charge in [-0.1, -0.05) is 39.7 Å². The van der Waals surface area contributed by atoms with Gasteiger partial charge in [-0.25, -0.2) is 4.98 Å². The highest BCUT2D eigenvalue weighted by atomic mass is 79.9. The number of pyridine rings is 1. The van der Waals surface area contributed by atoms with Gasteiger partial charge in [0.2, 0.25) is 0 Å². The van der Waals surface area contributed by atoms with Crippen LogP contribution in [0.25, 0.3) is 11.3 Å². The van der Waals surface area contributed by atoms with Crippen LogP contribution in [0.4, 0.5) is 5.69 Å². The van der Waals surface area contributed by atoms with Gasteiger partial charge in [-0.15, -0.1) is 0 Å². The van der Waals surface area contributed by atoms with Crippen LogP contribution in [0, 0.1) is 10.1 Å². The van der Waals surface area contributed by atoms with Crippen molar-refractivity contribution in [1.82, 2.24) is 4.98 Å². The summed E-state index contributed by atoms with van der Waals surface area (Å²) in [6, 6.07) is 9.95. The Morgan fingerprint density at radius 3 is 2.71 bits per heavy atom. The number of nitro groups is 1. The number of halogens is 2. The van der Waals surface area contributed by atoms with E-state index in [2.05, 4.69) is 20.9 Å². The first-order valence-corrected chi connectivity index (χ1v) is 5.81. The van der Waals surface area contributed by atoms with Crippen LogP contribution in [-0.4, -0.2) is 9.91 Å². The minimum absolute atomic E-state index is 0.0695. The molecule has 0 saturated carbocycles. The smallest absolute Gasteiger partial charge is 0.258 e. The van der Waals surface area contributed by atoms with Crippen LogP contribution >= 0.6 is 27.5 Å². The predicted molar refractivity (Wildman–Crippen MR) is 69.0 cm³/mol. The lowest BCUT2D eigenvalue weighted by atomic mass is 10.1. The largest absolute Gasteiger partial charge is 0.274 e. The summed E-state index contributed by atoms with van der Waals surface area (Å²) in [5.74, 6) is 0. The Balaban J connectivity index is 2.56. The maximum absolute atomic E-state index is 10.7. The third-order valence-corrected chi connectivity index (χ3v) is 2.80. The van der Waals surface area contributed by atoms with Gasteiger partial charge in [0.1, 0.15) is 5.15 Å². The van der Waals surface area contributed by atoms with Crippen molar-refractivity contribution < 1.29 is 4.92 Å². The molecule has 0 N–H and O–H groups in total. The highest BCUT2D eigenvalue weighted by Crippen LogP contribution is 2.26. The van der Waals surface area contributed by atoms with Crippen LogP contribution in [0.2, 0.25) is 5.15 Å². The van der Waals surface area contributed by atoms with Crippen molar-refractivity contribution in [2.45, 2.75) is 0 Å². The molecule has 1 aromatic carbocycles. The van der Waals surface area contributed by atoms with Gasteiger partial charge in [-0.3, -0.25) is 10.1 Å². The van der Waals surface area contributed by atoms with E-state index in [4.69, 9.17) is 11.6 Å². The summed E-state index contributed by atoms with van der Waals surface area (Å²) in [6.07, 6.45) is 0. The first-order chi connectivity index (χ1) is 8.06. The lowest BCUT2D eigenvalue weighted by molar-refractivity contribution is -0.384. The first kappa shape index (κ1) is 12.0. The molecule has 2 rings (SSSR count). The summed E-state index contributed by atoms with van der Waals surface area (Å²) in [7, 11) is 0. The van der Waals surface area contributed by atoms with Crippen molar-refractivity contribution in [3.8, 4) is 11.3 Å². The summed E-state index contributed by atoms with van der Waals surface area (Å²) in [5.41, 5.74) is 1.18. The van der Waals surface area contributed by atoms with Crippen LogP contribution in [0.3, 0.4) is 0 Å². The summed E-state index contributed by atoms with van der Waals surface area (Å²) in [5, 5.41) is 10.8. The minimum atomic E-state index is -0.491. The molecule has 0 aliphatic heterocycles. The maximum atomic E-state index is 10.7. The van der Waals surface area contributed by atoms with Gasteiger partial charge in [-0.05, 0) is 12.1 Å². The Morgan fingerprint density at radius 2 is 2.06 bits per heavy atom. The summed E-state index contributed by atoms with van der Waals surface area (Å²) in [6.45, 7) is 0. The van der Waals surface area contributed by atoms with Gasteiger partial charge >= 0.3 is 0 Å². The molecular weight excluding hydrogens is 307 g/mol. The minimum Gasteiger partial charge on any atom is -0.258 e. The van der Waals surface area contributed by atoms with E-state index >= 15 is 0 Å². The molecule has 0 bridgehead atoms. The van der Waals surface area contributed by atoms with E-state index in [-0.39, 0.29) is 10.8 Å². The van der Waals surface area contributed by atoms with Crippen LogP contribution < -0.4 is 0 Å². The zero-order valence-electron chi connectivity index (χ0n) is 8.43. The van der Waals surface area contributed by atoms with E-state index < -0.39 is 4.92 Å². The van der Waals surface area contributed by atoms with Crippen LogP contribution in [-0.2, 0) is 0 Å². The molecule has 0 spiro atoms. The molecule has 4 nitrogen and oxygen atoms in total. The zero-order chi connectivity index (χ0) is 12.4. The molecule has 0 atom stereocenters. The SMILES string of the molecule is O=[N+]([O-])c1cc(Cl)nc(-c2cccc(Br)c2)c1. The summed E-state index contributed by atoms with van der Waals surface area (Å²) < 4.78 is 0.874. The topological polar surface area (TPSA) is 56.0 Å². The Kier molecular flexibility index (Phi) is 3.40. The van der Waals surface area contributed by atoms with Crippen LogP contribution in [0.1, 0.15) is 0 Å². The monoisotopic (exact) mass is 312 g/mol. The highest BCUT2D eigenvalue weighted by molar-refractivity contribution is 9.10. The fourth-order valence-corrected chi connectivity index (χ4v) is 1.99. The molecule has 6 heteroatoms. The summed E-state index contributed by atoms with van der Waals surface area (Å²) >= 11 is 9.09. The number of benzene rings is 1. The first-order valence-electron chi connectivity index (χ1n) is 4.64. The second-order valence-corrected chi connectivity index (χ2v) is 4.60. The molecule has 0 fully saturated rings. The van der Waals surface area contributed by atoms with Gasteiger partial charge in [0.25, 0.3) is 5.69 Å². The Labute approximate surface area is 111 Å². The normalized spacial score (nSPS) is 10.2. The lowest BCUT2D eigenvalue weighted by Gasteiger charge is -2.02. The van der Waals surface area contributed by atoms with E-state index in [9.17, 15) is 10.1 Å². The molecule has 2 aromatic rings. The van der Waals surface area contributed by atoms with Gasteiger partial charge in [-0.2, -0.15) is 0 Å².